The molecule has 11 heteroatoms. The van der Waals surface area contributed by atoms with E-state index < -0.39 is 0 Å². The molecule has 3 aromatic rings. The van der Waals surface area contributed by atoms with Gasteiger partial charge < -0.3 is 14.0 Å². The molecular formula is C17H20N6O3S2. The number of nitrogens with one attached hydrogen (secondary N) is 1. The molecule has 0 spiro atoms. The van der Waals surface area contributed by atoms with E-state index in [1.807, 2.05) is 26.1 Å². The zero-order valence-corrected chi connectivity index (χ0v) is 17.5. The van der Waals surface area contributed by atoms with E-state index in [0.29, 0.717) is 33.2 Å². The summed E-state index contributed by atoms with van der Waals surface area (Å²) in [5.41, 5.74) is 0.779. The van der Waals surface area contributed by atoms with Gasteiger partial charge in [0.1, 0.15) is 17.8 Å². The SMILES string of the molecule is CCC(Sc1nncn1C)C(=O)Nc1nnc(-c2ccc(OC)cc2OC)s1. The Morgan fingerprint density at radius 1 is 1.29 bits per heavy atom. The minimum atomic E-state index is -0.314. The smallest absolute Gasteiger partial charge is 0.239 e. The number of aryl methyl sites for hydroxylation is 1. The minimum absolute atomic E-state index is 0.153. The Morgan fingerprint density at radius 3 is 2.75 bits per heavy atom. The van der Waals surface area contributed by atoms with E-state index in [2.05, 4.69) is 25.7 Å². The van der Waals surface area contributed by atoms with E-state index in [-0.39, 0.29) is 11.2 Å². The molecule has 1 aromatic carbocycles. The van der Waals surface area contributed by atoms with Crippen LogP contribution in [0.25, 0.3) is 10.6 Å². The summed E-state index contributed by atoms with van der Waals surface area (Å²) in [5, 5.41) is 20.4. The molecule has 1 N–H and O–H groups in total. The van der Waals surface area contributed by atoms with Gasteiger partial charge >= 0.3 is 0 Å². The first-order valence-corrected chi connectivity index (χ1v) is 10.1. The summed E-state index contributed by atoms with van der Waals surface area (Å²) in [5.74, 6) is 1.16. The molecule has 0 radical (unpaired) electrons. The van der Waals surface area contributed by atoms with Gasteiger partial charge in [0, 0.05) is 13.1 Å². The van der Waals surface area contributed by atoms with Gasteiger partial charge in [-0.05, 0) is 18.6 Å². The molecule has 0 saturated carbocycles. The molecule has 2 aromatic heterocycles. The number of thioether (sulfide) groups is 1. The third-order valence-electron chi connectivity index (χ3n) is 3.87. The third-order valence-corrected chi connectivity index (χ3v) is 6.16. The largest absolute Gasteiger partial charge is 0.497 e. The lowest BCUT2D eigenvalue weighted by Gasteiger charge is -2.12. The van der Waals surface area contributed by atoms with Crippen LogP contribution in [0.15, 0.2) is 29.7 Å². The van der Waals surface area contributed by atoms with Crippen molar-refractivity contribution in [2.45, 2.75) is 23.8 Å². The van der Waals surface area contributed by atoms with Crippen LogP contribution in [0.1, 0.15) is 13.3 Å². The maximum atomic E-state index is 12.6. The van der Waals surface area contributed by atoms with Gasteiger partial charge in [-0.25, -0.2) is 0 Å². The molecule has 1 atom stereocenters. The number of hydrogen-bond acceptors (Lipinski definition) is 9. The zero-order valence-electron chi connectivity index (χ0n) is 15.9. The van der Waals surface area contributed by atoms with E-state index in [1.54, 1.807) is 31.2 Å². The van der Waals surface area contributed by atoms with Crippen molar-refractivity contribution in [3.8, 4) is 22.1 Å². The zero-order chi connectivity index (χ0) is 20.1. The predicted octanol–water partition coefficient (Wildman–Crippen LogP) is 2.86. The average Bonchev–Trinajstić information content (AvgIpc) is 3.34. The number of amides is 1. The normalized spacial score (nSPS) is 11.9. The van der Waals surface area contributed by atoms with Crippen LogP contribution in [0, 0.1) is 0 Å². The Bertz CT molecular complexity index is 958. The van der Waals surface area contributed by atoms with Gasteiger partial charge in [0.25, 0.3) is 0 Å². The number of ether oxygens (including phenoxy) is 2. The molecule has 3 rings (SSSR count). The van der Waals surface area contributed by atoms with E-state index in [4.69, 9.17) is 9.47 Å². The van der Waals surface area contributed by atoms with Crippen molar-refractivity contribution in [3.63, 3.8) is 0 Å². The number of aromatic nitrogens is 5. The van der Waals surface area contributed by atoms with Crippen LogP contribution in [0.4, 0.5) is 5.13 Å². The lowest BCUT2D eigenvalue weighted by molar-refractivity contribution is -0.115. The van der Waals surface area contributed by atoms with Crippen molar-refractivity contribution in [3.05, 3.63) is 24.5 Å². The number of anilines is 1. The van der Waals surface area contributed by atoms with E-state index in [0.717, 1.165) is 5.56 Å². The van der Waals surface area contributed by atoms with Crippen LogP contribution in [0.5, 0.6) is 11.5 Å². The summed E-state index contributed by atoms with van der Waals surface area (Å²) in [4.78, 5) is 12.6. The highest BCUT2D eigenvalue weighted by Gasteiger charge is 2.22. The summed E-state index contributed by atoms with van der Waals surface area (Å²) < 4.78 is 12.4. The third kappa shape index (κ3) is 4.42. The number of hydrogen-bond donors (Lipinski definition) is 1. The predicted molar refractivity (Wildman–Crippen MR) is 108 cm³/mol. The summed E-state index contributed by atoms with van der Waals surface area (Å²) >= 11 is 2.64. The topological polar surface area (TPSA) is 104 Å². The van der Waals surface area contributed by atoms with Crippen LogP contribution in [0.3, 0.4) is 0 Å². The number of carbonyl (C=O) groups is 1. The van der Waals surface area contributed by atoms with Crippen molar-refractivity contribution in [1.29, 1.82) is 0 Å². The van der Waals surface area contributed by atoms with E-state index >= 15 is 0 Å². The molecule has 1 amide bonds. The van der Waals surface area contributed by atoms with Gasteiger partial charge in [-0.15, -0.1) is 20.4 Å². The molecule has 0 saturated heterocycles. The number of nitrogens with zero attached hydrogens (tertiary/aromatic N) is 5. The molecule has 2 heterocycles. The van der Waals surface area contributed by atoms with Crippen molar-refractivity contribution in [2.75, 3.05) is 19.5 Å². The van der Waals surface area contributed by atoms with Gasteiger partial charge in [-0.1, -0.05) is 30.0 Å². The van der Waals surface area contributed by atoms with Gasteiger partial charge in [0.15, 0.2) is 10.2 Å². The number of methoxy groups -OCH3 is 2. The highest BCUT2D eigenvalue weighted by Crippen LogP contribution is 2.36. The highest BCUT2D eigenvalue weighted by atomic mass is 32.2. The standard InChI is InChI=1S/C17H20N6O3S2/c1-5-13(27-17-22-18-9-23(17)2)14(24)19-16-21-20-15(28-16)11-7-6-10(25-3)8-12(11)26-4/h6-9,13H,5H2,1-4H3,(H,19,21,24). The molecule has 0 bridgehead atoms. The monoisotopic (exact) mass is 420 g/mol. The van der Waals surface area contributed by atoms with E-state index in [9.17, 15) is 4.79 Å². The van der Waals surface area contributed by atoms with Gasteiger partial charge in [-0.2, -0.15) is 0 Å². The number of benzene rings is 1. The fourth-order valence-corrected chi connectivity index (χ4v) is 4.04. The van der Waals surface area contributed by atoms with Crippen LogP contribution >= 0.6 is 23.1 Å². The van der Waals surface area contributed by atoms with Gasteiger partial charge in [0.2, 0.25) is 11.0 Å². The number of rotatable bonds is 8. The van der Waals surface area contributed by atoms with Crippen molar-refractivity contribution < 1.29 is 14.3 Å². The molecule has 0 aliphatic rings. The van der Waals surface area contributed by atoms with Crippen LogP contribution in [0.2, 0.25) is 0 Å². The molecule has 1 unspecified atom stereocenters. The highest BCUT2D eigenvalue weighted by molar-refractivity contribution is 8.00. The molecular weight excluding hydrogens is 400 g/mol. The molecule has 0 fully saturated rings. The first-order valence-electron chi connectivity index (χ1n) is 8.43. The van der Waals surface area contributed by atoms with Crippen LogP contribution in [-0.4, -0.2) is 50.3 Å². The van der Waals surface area contributed by atoms with E-state index in [1.165, 1.54) is 23.1 Å². The first kappa shape index (κ1) is 20.1. The lowest BCUT2D eigenvalue weighted by Crippen LogP contribution is -2.24. The lowest BCUT2D eigenvalue weighted by atomic mass is 10.2. The van der Waals surface area contributed by atoms with Gasteiger partial charge in [-0.3, -0.25) is 10.1 Å². The second kappa shape index (κ2) is 9.02. The summed E-state index contributed by atoms with van der Waals surface area (Å²) in [7, 11) is 5.01. The first-order chi connectivity index (χ1) is 13.5. The second-order valence-electron chi connectivity index (χ2n) is 5.71. The fraction of sp³-hybridized carbons (Fsp3) is 0.353. The minimum Gasteiger partial charge on any atom is -0.497 e. The molecule has 9 nitrogen and oxygen atoms in total. The van der Waals surface area contributed by atoms with Crippen LogP contribution in [-0.2, 0) is 11.8 Å². The van der Waals surface area contributed by atoms with Gasteiger partial charge in [0.05, 0.1) is 25.0 Å². The van der Waals surface area contributed by atoms with Crippen LogP contribution < -0.4 is 14.8 Å². The molecule has 0 aliphatic carbocycles. The molecule has 0 aliphatic heterocycles. The second-order valence-corrected chi connectivity index (χ2v) is 7.85. The number of carbonyl (C=O) groups excluding carboxylic acids is 1. The van der Waals surface area contributed by atoms with Crippen molar-refractivity contribution in [1.82, 2.24) is 25.0 Å². The average molecular weight is 421 g/mol. The fourth-order valence-electron chi connectivity index (χ4n) is 2.37. The summed E-state index contributed by atoms with van der Waals surface area (Å²) in [6.45, 7) is 1.95. The Labute approximate surface area is 170 Å². The molecule has 148 valence electrons. The van der Waals surface area contributed by atoms with Crippen molar-refractivity contribution in [2.24, 2.45) is 7.05 Å². The maximum Gasteiger partial charge on any atom is 0.239 e. The van der Waals surface area contributed by atoms with Crippen molar-refractivity contribution >= 4 is 34.1 Å². The Hall–Kier alpha value is -2.66. The quantitative estimate of drug-likeness (QED) is 0.555. The summed E-state index contributed by atoms with van der Waals surface area (Å²) in [6.07, 6.45) is 2.24. The summed E-state index contributed by atoms with van der Waals surface area (Å²) in [6, 6.07) is 5.45. The Balaban J connectivity index is 1.73. The Kier molecular flexibility index (Phi) is 6.47. The maximum absolute atomic E-state index is 12.6. The Morgan fingerprint density at radius 2 is 2.11 bits per heavy atom. The molecule has 28 heavy (non-hydrogen) atoms.